The van der Waals surface area contributed by atoms with Crippen LogP contribution in [0.4, 0.5) is 5.69 Å². The van der Waals surface area contributed by atoms with E-state index in [-0.39, 0.29) is 24.0 Å². The van der Waals surface area contributed by atoms with Crippen molar-refractivity contribution in [1.29, 1.82) is 0 Å². The maximum absolute atomic E-state index is 12.1. The number of nitrogens with zero attached hydrogens (tertiary/aromatic N) is 3. The van der Waals surface area contributed by atoms with Crippen LogP contribution in [0.25, 0.3) is 10.9 Å². The van der Waals surface area contributed by atoms with Gasteiger partial charge >= 0.3 is 0 Å². The first-order chi connectivity index (χ1) is 14.1. The molecule has 0 fully saturated rings. The number of amides is 2. The Morgan fingerprint density at radius 1 is 1.03 bits per heavy atom. The highest BCUT2D eigenvalue weighted by Crippen LogP contribution is 2.39. The van der Waals surface area contributed by atoms with Crippen LogP contribution in [-0.4, -0.2) is 28.0 Å². The Hall–Kier alpha value is -3.48. The van der Waals surface area contributed by atoms with Gasteiger partial charge < -0.3 is 15.0 Å². The second-order valence-corrected chi connectivity index (χ2v) is 6.69. The highest BCUT2D eigenvalue weighted by Gasteiger charge is 2.16. The number of hydrogen-bond acceptors (Lipinski definition) is 4. The maximum Gasteiger partial charge on any atom is 0.283 e. The maximum atomic E-state index is 12.1. The van der Waals surface area contributed by atoms with Crippen molar-refractivity contribution in [2.75, 3.05) is 6.54 Å². The van der Waals surface area contributed by atoms with Crippen LogP contribution < -0.4 is 5.32 Å². The Kier molecular flexibility index (Phi) is 6.73. The quantitative estimate of drug-likeness (QED) is 0.434. The van der Waals surface area contributed by atoms with E-state index >= 15 is 0 Å². The van der Waals surface area contributed by atoms with Crippen molar-refractivity contribution in [2.24, 2.45) is 10.2 Å². The molecule has 0 unspecified atom stereocenters. The van der Waals surface area contributed by atoms with E-state index in [1.54, 1.807) is 34.9 Å². The third kappa shape index (κ3) is 4.87. The predicted octanol–water partition coefficient (Wildman–Crippen LogP) is 4.58. The molecule has 7 heteroatoms. The third-order valence-electron chi connectivity index (χ3n) is 4.60. The Morgan fingerprint density at radius 3 is 2.52 bits per heavy atom. The lowest BCUT2D eigenvalue weighted by molar-refractivity contribution is -0.117. The van der Waals surface area contributed by atoms with Gasteiger partial charge in [0.15, 0.2) is 5.69 Å². The Bertz CT molecular complexity index is 1030. The van der Waals surface area contributed by atoms with E-state index in [0.717, 1.165) is 30.2 Å². The van der Waals surface area contributed by atoms with Crippen molar-refractivity contribution in [2.45, 2.75) is 32.7 Å². The average Bonchev–Trinajstić information content (AvgIpc) is 3.02. The summed E-state index contributed by atoms with van der Waals surface area (Å²) in [5.41, 5.74) is 1.57. The van der Waals surface area contributed by atoms with E-state index in [4.69, 9.17) is 0 Å². The summed E-state index contributed by atoms with van der Waals surface area (Å²) in [5, 5.41) is 21.5. The number of aromatic hydroxyl groups is 1. The SMILES string of the molecule is CCCCCn1c(O)c(N=NC(=O)CNC(=O)c2ccccc2)c2ccccc21. The van der Waals surface area contributed by atoms with Crippen LogP contribution in [0, 0.1) is 0 Å². The van der Waals surface area contributed by atoms with Gasteiger partial charge in [-0.2, -0.15) is 0 Å². The molecule has 1 heterocycles. The fraction of sp³-hybridized carbons (Fsp3) is 0.273. The van der Waals surface area contributed by atoms with E-state index in [9.17, 15) is 14.7 Å². The smallest absolute Gasteiger partial charge is 0.283 e. The molecule has 150 valence electrons. The molecule has 0 aliphatic carbocycles. The van der Waals surface area contributed by atoms with Gasteiger partial charge in [-0.3, -0.25) is 9.59 Å². The minimum Gasteiger partial charge on any atom is -0.493 e. The Labute approximate surface area is 169 Å². The summed E-state index contributed by atoms with van der Waals surface area (Å²) in [6.45, 7) is 2.51. The summed E-state index contributed by atoms with van der Waals surface area (Å²) < 4.78 is 1.79. The summed E-state index contributed by atoms with van der Waals surface area (Å²) in [5.74, 6) is -0.965. The second-order valence-electron chi connectivity index (χ2n) is 6.69. The van der Waals surface area contributed by atoms with Crippen molar-refractivity contribution in [1.82, 2.24) is 9.88 Å². The zero-order valence-corrected chi connectivity index (χ0v) is 16.3. The number of para-hydroxylation sites is 1. The molecule has 2 amide bonds. The highest BCUT2D eigenvalue weighted by atomic mass is 16.3. The van der Waals surface area contributed by atoms with Gasteiger partial charge in [0.1, 0.15) is 6.54 Å². The van der Waals surface area contributed by atoms with Gasteiger partial charge in [0, 0.05) is 17.5 Å². The number of carbonyl (C=O) groups excluding carboxylic acids is 2. The molecule has 2 N–H and O–H groups in total. The number of fused-ring (bicyclic) bond motifs is 1. The number of nitrogens with one attached hydrogen (secondary N) is 1. The average molecular weight is 392 g/mol. The van der Waals surface area contributed by atoms with Gasteiger partial charge in [-0.1, -0.05) is 56.2 Å². The van der Waals surface area contributed by atoms with Crippen LogP contribution in [0.15, 0.2) is 64.8 Å². The molecule has 2 aromatic carbocycles. The standard InChI is InChI=1S/C22H24N4O3/c1-2-3-9-14-26-18-13-8-7-12-17(18)20(22(26)29)25-24-19(27)15-23-21(28)16-10-5-4-6-11-16/h4-8,10-13,29H,2-3,9,14-15H2,1H3,(H,23,28). The molecular formula is C22H24N4O3. The van der Waals surface area contributed by atoms with Crippen LogP contribution >= 0.6 is 0 Å². The lowest BCUT2D eigenvalue weighted by Gasteiger charge is -2.05. The van der Waals surface area contributed by atoms with Gasteiger partial charge in [0.2, 0.25) is 5.88 Å². The van der Waals surface area contributed by atoms with Gasteiger partial charge in [-0.05, 0) is 24.6 Å². The summed E-state index contributed by atoms with van der Waals surface area (Å²) in [6, 6.07) is 16.1. The fourth-order valence-electron chi connectivity index (χ4n) is 3.11. The monoisotopic (exact) mass is 392 g/mol. The van der Waals surface area contributed by atoms with E-state index in [0.29, 0.717) is 12.1 Å². The minimum absolute atomic E-state index is 0.00725. The number of benzene rings is 2. The number of aryl methyl sites for hydroxylation is 1. The number of azo groups is 1. The molecule has 0 spiro atoms. The molecule has 0 saturated carbocycles. The van der Waals surface area contributed by atoms with Crippen LogP contribution in [0.5, 0.6) is 5.88 Å². The van der Waals surface area contributed by atoms with E-state index in [1.165, 1.54) is 0 Å². The molecule has 0 saturated heterocycles. The van der Waals surface area contributed by atoms with Crippen LogP contribution in [-0.2, 0) is 11.3 Å². The van der Waals surface area contributed by atoms with Crippen LogP contribution in [0.3, 0.4) is 0 Å². The van der Waals surface area contributed by atoms with Gasteiger partial charge in [-0.25, -0.2) is 0 Å². The molecule has 1 aromatic heterocycles. The lowest BCUT2D eigenvalue weighted by Crippen LogP contribution is -2.28. The normalized spacial score (nSPS) is 11.2. The number of unbranched alkanes of at least 4 members (excludes halogenated alkanes) is 2. The first-order valence-corrected chi connectivity index (χ1v) is 9.69. The van der Waals surface area contributed by atoms with Gasteiger partial charge in [0.25, 0.3) is 11.8 Å². The van der Waals surface area contributed by atoms with E-state index in [1.807, 2.05) is 24.3 Å². The van der Waals surface area contributed by atoms with Crippen LogP contribution in [0.1, 0.15) is 36.5 Å². The molecule has 29 heavy (non-hydrogen) atoms. The summed E-state index contributed by atoms with van der Waals surface area (Å²) in [4.78, 5) is 24.1. The van der Waals surface area contributed by atoms with Crippen molar-refractivity contribution in [3.05, 3.63) is 60.2 Å². The van der Waals surface area contributed by atoms with Crippen molar-refractivity contribution >= 4 is 28.4 Å². The largest absolute Gasteiger partial charge is 0.493 e. The second kappa shape index (κ2) is 9.64. The van der Waals surface area contributed by atoms with Crippen molar-refractivity contribution in [3.8, 4) is 5.88 Å². The first kappa shape index (κ1) is 20.3. The fourth-order valence-corrected chi connectivity index (χ4v) is 3.11. The number of carbonyl (C=O) groups is 2. The number of aromatic nitrogens is 1. The molecule has 3 rings (SSSR count). The van der Waals surface area contributed by atoms with E-state index < -0.39 is 5.91 Å². The topological polar surface area (TPSA) is 96.0 Å². The Balaban J connectivity index is 1.72. The highest BCUT2D eigenvalue weighted by molar-refractivity contribution is 5.97. The van der Waals surface area contributed by atoms with Crippen LogP contribution in [0.2, 0.25) is 0 Å². The molecule has 7 nitrogen and oxygen atoms in total. The Morgan fingerprint density at radius 2 is 1.76 bits per heavy atom. The predicted molar refractivity (Wildman–Crippen MR) is 111 cm³/mol. The molecule has 0 atom stereocenters. The summed E-state index contributed by atoms with van der Waals surface area (Å²) in [6.07, 6.45) is 3.07. The summed E-state index contributed by atoms with van der Waals surface area (Å²) in [7, 11) is 0. The van der Waals surface area contributed by atoms with E-state index in [2.05, 4.69) is 22.5 Å². The third-order valence-corrected chi connectivity index (χ3v) is 4.60. The molecule has 0 aliphatic rings. The number of rotatable bonds is 8. The lowest BCUT2D eigenvalue weighted by atomic mass is 10.2. The molecular weight excluding hydrogens is 368 g/mol. The van der Waals surface area contributed by atoms with Gasteiger partial charge in [0.05, 0.1) is 5.52 Å². The molecule has 0 aliphatic heterocycles. The molecule has 0 radical (unpaired) electrons. The minimum atomic E-state index is -0.600. The zero-order valence-electron chi connectivity index (χ0n) is 16.3. The summed E-state index contributed by atoms with van der Waals surface area (Å²) >= 11 is 0. The molecule has 3 aromatic rings. The first-order valence-electron chi connectivity index (χ1n) is 9.69. The van der Waals surface area contributed by atoms with Crippen molar-refractivity contribution < 1.29 is 14.7 Å². The molecule has 0 bridgehead atoms. The number of hydrogen-bond donors (Lipinski definition) is 2. The zero-order chi connectivity index (χ0) is 20.6. The van der Waals surface area contributed by atoms with Gasteiger partial charge in [-0.15, -0.1) is 10.2 Å². The van der Waals surface area contributed by atoms with Crippen molar-refractivity contribution in [3.63, 3.8) is 0 Å².